The fourth-order valence-electron chi connectivity index (χ4n) is 1.54. The molecule has 17 heavy (non-hydrogen) atoms. The van der Waals surface area contributed by atoms with E-state index in [-0.39, 0.29) is 0 Å². The SMILES string of the molecule is CNC(CCOCCOC)Cc1ncnn1C. The van der Waals surface area contributed by atoms with Gasteiger partial charge in [-0.3, -0.25) is 4.68 Å². The molecule has 0 aliphatic carbocycles. The molecule has 0 fully saturated rings. The van der Waals surface area contributed by atoms with Crippen LogP contribution in [0.1, 0.15) is 12.2 Å². The van der Waals surface area contributed by atoms with Gasteiger partial charge in [0, 0.05) is 33.2 Å². The molecular formula is C11H22N4O2. The van der Waals surface area contributed by atoms with Crippen LogP contribution >= 0.6 is 0 Å². The quantitative estimate of drug-likeness (QED) is 0.618. The minimum atomic E-state index is 0.362. The third-order valence-electron chi connectivity index (χ3n) is 2.68. The molecule has 1 atom stereocenters. The van der Waals surface area contributed by atoms with Crippen LogP contribution in [0.15, 0.2) is 6.33 Å². The maximum atomic E-state index is 5.45. The molecule has 0 amide bonds. The van der Waals surface area contributed by atoms with Crippen molar-refractivity contribution in [1.29, 1.82) is 0 Å². The Labute approximate surface area is 102 Å². The molecule has 1 rings (SSSR count). The molecule has 0 aliphatic heterocycles. The molecule has 1 heterocycles. The van der Waals surface area contributed by atoms with Crippen molar-refractivity contribution >= 4 is 0 Å². The summed E-state index contributed by atoms with van der Waals surface area (Å²) in [5.41, 5.74) is 0. The van der Waals surface area contributed by atoms with Crippen molar-refractivity contribution in [1.82, 2.24) is 20.1 Å². The standard InChI is InChI=1S/C11H22N4O2/c1-12-10(4-5-17-7-6-16-3)8-11-13-9-14-15(11)2/h9-10,12H,4-8H2,1-3H3. The van der Waals surface area contributed by atoms with E-state index in [1.54, 1.807) is 18.1 Å². The Hall–Kier alpha value is -0.980. The first-order valence-electron chi connectivity index (χ1n) is 5.84. The third-order valence-corrected chi connectivity index (χ3v) is 2.68. The van der Waals surface area contributed by atoms with Gasteiger partial charge in [-0.2, -0.15) is 5.10 Å². The van der Waals surface area contributed by atoms with Crippen LogP contribution in [0.25, 0.3) is 0 Å². The van der Waals surface area contributed by atoms with Gasteiger partial charge in [0.05, 0.1) is 13.2 Å². The van der Waals surface area contributed by atoms with Gasteiger partial charge in [-0.25, -0.2) is 4.98 Å². The number of hydrogen-bond acceptors (Lipinski definition) is 5. The molecule has 0 spiro atoms. The monoisotopic (exact) mass is 242 g/mol. The van der Waals surface area contributed by atoms with Crippen LogP contribution in [-0.2, 0) is 22.9 Å². The summed E-state index contributed by atoms with van der Waals surface area (Å²) in [5, 5.41) is 7.32. The number of nitrogens with zero attached hydrogens (tertiary/aromatic N) is 3. The van der Waals surface area contributed by atoms with Gasteiger partial charge in [0.2, 0.25) is 0 Å². The first kappa shape index (κ1) is 14.1. The molecule has 0 aromatic carbocycles. The maximum Gasteiger partial charge on any atom is 0.138 e. The summed E-state index contributed by atoms with van der Waals surface area (Å²) >= 11 is 0. The van der Waals surface area contributed by atoms with E-state index in [9.17, 15) is 0 Å². The molecular weight excluding hydrogens is 220 g/mol. The van der Waals surface area contributed by atoms with E-state index in [1.165, 1.54) is 0 Å². The predicted molar refractivity (Wildman–Crippen MR) is 64.9 cm³/mol. The van der Waals surface area contributed by atoms with Crippen LogP contribution in [-0.4, -0.2) is 54.8 Å². The van der Waals surface area contributed by atoms with Gasteiger partial charge >= 0.3 is 0 Å². The van der Waals surface area contributed by atoms with Gasteiger partial charge in [-0.15, -0.1) is 0 Å². The number of aromatic nitrogens is 3. The van der Waals surface area contributed by atoms with Crippen LogP contribution < -0.4 is 5.32 Å². The molecule has 1 unspecified atom stereocenters. The third kappa shape index (κ3) is 5.25. The lowest BCUT2D eigenvalue weighted by atomic mass is 10.1. The number of likely N-dealkylation sites (N-methyl/N-ethyl adjacent to an activating group) is 1. The summed E-state index contributed by atoms with van der Waals surface area (Å²) in [6.07, 6.45) is 3.39. The van der Waals surface area contributed by atoms with Crippen molar-refractivity contribution in [3.63, 3.8) is 0 Å². The number of aryl methyl sites for hydroxylation is 1. The lowest BCUT2D eigenvalue weighted by Gasteiger charge is -2.15. The first-order chi connectivity index (χ1) is 8.27. The molecule has 0 saturated carbocycles. The van der Waals surface area contributed by atoms with Gasteiger partial charge in [-0.1, -0.05) is 0 Å². The number of ether oxygens (including phenoxy) is 2. The number of rotatable bonds is 9. The maximum absolute atomic E-state index is 5.45. The smallest absolute Gasteiger partial charge is 0.138 e. The van der Waals surface area contributed by atoms with Gasteiger partial charge in [0.15, 0.2) is 0 Å². The van der Waals surface area contributed by atoms with Crippen molar-refractivity contribution in [2.75, 3.05) is 34.0 Å². The molecule has 6 heteroatoms. The van der Waals surface area contributed by atoms with E-state index < -0.39 is 0 Å². The molecule has 1 aromatic rings. The second kappa shape index (κ2) is 8.16. The second-order valence-electron chi connectivity index (χ2n) is 3.88. The lowest BCUT2D eigenvalue weighted by Crippen LogP contribution is -2.30. The van der Waals surface area contributed by atoms with Gasteiger partial charge < -0.3 is 14.8 Å². The summed E-state index contributed by atoms with van der Waals surface area (Å²) in [6.45, 7) is 2.02. The van der Waals surface area contributed by atoms with E-state index in [0.717, 1.165) is 25.3 Å². The molecule has 1 N–H and O–H groups in total. The minimum absolute atomic E-state index is 0.362. The summed E-state index contributed by atoms with van der Waals surface area (Å²) in [7, 11) is 5.54. The highest BCUT2D eigenvalue weighted by Gasteiger charge is 2.10. The number of methoxy groups -OCH3 is 1. The van der Waals surface area contributed by atoms with E-state index >= 15 is 0 Å². The second-order valence-corrected chi connectivity index (χ2v) is 3.88. The molecule has 1 aromatic heterocycles. The van der Waals surface area contributed by atoms with Crippen LogP contribution in [0.3, 0.4) is 0 Å². The van der Waals surface area contributed by atoms with Crippen LogP contribution in [0, 0.1) is 0 Å². The summed E-state index contributed by atoms with van der Waals surface area (Å²) in [6, 6.07) is 0.362. The highest BCUT2D eigenvalue weighted by atomic mass is 16.5. The Morgan fingerprint density at radius 1 is 1.41 bits per heavy atom. The fourth-order valence-corrected chi connectivity index (χ4v) is 1.54. The zero-order chi connectivity index (χ0) is 12.5. The van der Waals surface area contributed by atoms with Crippen LogP contribution in [0.4, 0.5) is 0 Å². The molecule has 6 nitrogen and oxygen atoms in total. The van der Waals surface area contributed by atoms with E-state index in [0.29, 0.717) is 19.3 Å². The molecule has 98 valence electrons. The number of hydrogen-bond donors (Lipinski definition) is 1. The van der Waals surface area contributed by atoms with E-state index in [1.807, 2.05) is 14.1 Å². The Balaban J connectivity index is 2.22. The van der Waals surface area contributed by atoms with Gasteiger partial charge in [0.1, 0.15) is 12.2 Å². The summed E-state index contributed by atoms with van der Waals surface area (Å²) in [4.78, 5) is 4.21. The normalized spacial score (nSPS) is 12.9. The van der Waals surface area contributed by atoms with Crippen molar-refractivity contribution in [3.8, 4) is 0 Å². The average Bonchev–Trinajstić information content (AvgIpc) is 2.73. The molecule has 0 radical (unpaired) electrons. The first-order valence-corrected chi connectivity index (χ1v) is 5.84. The number of nitrogens with one attached hydrogen (secondary N) is 1. The van der Waals surface area contributed by atoms with Gasteiger partial charge in [-0.05, 0) is 13.5 Å². The fraction of sp³-hybridized carbons (Fsp3) is 0.818. The largest absolute Gasteiger partial charge is 0.382 e. The Kier molecular flexibility index (Phi) is 6.76. The zero-order valence-corrected chi connectivity index (χ0v) is 10.8. The lowest BCUT2D eigenvalue weighted by molar-refractivity contribution is 0.0660. The Bertz CT molecular complexity index is 303. The van der Waals surface area contributed by atoms with Crippen molar-refractivity contribution < 1.29 is 9.47 Å². The highest BCUT2D eigenvalue weighted by molar-refractivity contribution is 4.88. The average molecular weight is 242 g/mol. The Morgan fingerprint density at radius 2 is 2.24 bits per heavy atom. The minimum Gasteiger partial charge on any atom is -0.382 e. The zero-order valence-electron chi connectivity index (χ0n) is 10.8. The Morgan fingerprint density at radius 3 is 2.82 bits per heavy atom. The topological polar surface area (TPSA) is 61.2 Å². The molecule has 0 bridgehead atoms. The molecule has 0 saturated heterocycles. The summed E-state index contributed by atoms with van der Waals surface area (Å²) in [5.74, 6) is 0.987. The van der Waals surface area contributed by atoms with Crippen molar-refractivity contribution in [2.45, 2.75) is 18.9 Å². The molecule has 0 aliphatic rings. The van der Waals surface area contributed by atoms with E-state index in [2.05, 4.69) is 15.4 Å². The predicted octanol–water partition coefficient (Wildman–Crippen LogP) is -0.00130. The van der Waals surface area contributed by atoms with Crippen LogP contribution in [0.2, 0.25) is 0 Å². The van der Waals surface area contributed by atoms with Crippen LogP contribution in [0.5, 0.6) is 0 Å². The highest BCUT2D eigenvalue weighted by Crippen LogP contribution is 2.02. The van der Waals surface area contributed by atoms with Crippen molar-refractivity contribution in [2.24, 2.45) is 7.05 Å². The van der Waals surface area contributed by atoms with Crippen molar-refractivity contribution in [3.05, 3.63) is 12.2 Å². The summed E-state index contributed by atoms with van der Waals surface area (Å²) < 4.78 is 12.2. The van der Waals surface area contributed by atoms with E-state index in [4.69, 9.17) is 9.47 Å². The van der Waals surface area contributed by atoms with Gasteiger partial charge in [0.25, 0.3) is 0 Å².